The maximum atomic E-state index is 12.4. The van der Waals surface area contributed by atoms with Gasteiger partial charge in [0.15, 0.2) is 5.13 Å². The Morgan fingerprint density at radius 1 is 1.37 bits per heavy atom. The van der Waals surface area contributed by atoms with E-state index in [1.54, 1.807) is 18.9 Å². The fraction of sp³-hybridized carbons (Fsp3) is 0.421. The second kappa shape index (κ2) is 8.39. The Balaban J connectivity index is 1.61. The van der Waals surface area contributed by atoms with Crippen molar-refractivity contribution in [2.75, 3.05) is 25.6 Å². The number of nitrogens with one attached hydrogen (secondary N) is 1. The third kappa shape index (κ3) is 4.57. The Labute approximate surface area is 162 Å². The lowest BCUT2D eigenvalue weighted by Gasteiger charge is -2.24. The lowest BCUT2D eigenvalue weighted by atomic mass is 10.1. The molecule has 0 spiro atoms. The monoisotopic (exact) mass is 389 g/mol. The van der Waals surface area contributed by atoms with Gasteiger partial charge in [0.1, 0.15) is 5.75 Å². The molecular weight excluding hydrogens is 366 g/mol. The summed E-state index contributed by atoms with van der Waals surface area (Å²) in [5.41, 5.74) is 2.85. The molecule has 1 aromatic carbocycles. The zero-order chi connectivity index (χ0) is 19.4. The summed E-state index contributed by atoms with van der Waals surface area (Å²) in [6.07, 6.45) is 0.624. The molecule has 144 valence electrons. The van der Waals surface area contributed by atoms with E-state index in [0.29, 0.717) is 31.2 Å². The van der Waals surface area contributed by atoms with E-state index in [4.69, 9.17) is 9.47 Å². The topological polar surface area (TPSA) is 80.8 Å². The van der Waals surface area contributed by atoms with Crippen LogP contribution in [0.2, 0.25) is 0 Å². The first-order valence-electron chi connectivity index (χ1n) is 8.83. The van der Waals surface area contributed by atoms with Gasteiger partial charge in [-0.15, -0.1) is 0 Å². The van der Waals surface area contributed by atoms with Crippen molar-refractivity contribution in [2.45, 2.75) is 33.2 Å². The number of fused-ring (bicyclic) bond motifs is 1. The summed E-state index contributed by atoms with van der Waals surface area (Å²) < 4.78 is 10.3. The number of carbonyl (C=O) groups excluding carboxylic acids is 2. The second-order valence-corrected chi connectivity index (χ2v) is 7.37. The van der Waals surface area contributed by atoms with Crippen LogP contribution in [0.15, 0.2) is 18.2 Å². The molecule has 2 amide bonds. The van der Waals surface area contributed by atoms with E-state index < -0.39 is 0 Å². The summed E-state index contributed by atoms with van der Waals surface area (Å²) in [6.45, 7) is 5.15. The van der Waals surface area contributed by atoms with Gasteiger partial charge in [-0.05, 0) is 31.0 Å². The first-order chi connectivity index (χ1) is 13.0. The molecule has 3 rings (SSSR count). The fourth-order valence-electron chi connectivity index (χ4n) is 3.02. The van der Waals surface area contributed by atoms with E-state index in [1.807, 2.05) is 25.1 Å². The predicted molar refractivity (Wildman–Crippen MR) is 103 cm³/mol. The Bertz CT molecular complexity index is 849. The molecule has 0 unspecified atom stereocenters. The van der Waals surface area contributed by atoms with Crippen LogP contribution in [0, 0.1) is 6.92 Å². The average molecular weight is 389 g/mol. The number of hydrogen-bond donors (Lipinski definition) is 1. The number of ether oxygens (including phenoxy) is 2. The second-order valence-electron chi connectivity index (χ2n) is 6.29. The van der Waals surface area contributed by atoms with Crippen molar-refractivity contribution in [3.63, 3.8) is 0 Å². The normalized spacial score (nSPS) is 13.1. The number of benzene rings is 1. The number of hydrogen-bond acceptors (Lipinski definition) is 6. The summed E-state index contributed by atoms with van der Waals surface area (Å²) in [5, 5.41) is 3.44. The Morgan fingerprint density at radius 3 is 2.89 bits per heavy atom. The molecule has 1 aliphatic rings. The van der Waals surface area contributed by atoms with E-state index >= 15 is 0 Å². The zero-order valence-electron chi connectivity index (χ0n) is 15.7. The van der Waals surface area contributed by atoms with Gasteiger partial charge < -0.3 is 19.7 Å². The summed E-state index contributed by atoms with van der Waals surface area (Å²) >= 11 is 1.41. The molecule has 7 nitrogen and oxygen atoms in total. The van der Waals surface area contributed by atoms with Gasteiger partial charge in [-0.25, -0.2) is 9.78 Å². The van der Waals surface area contributed by atoms with Gasteiger partial charge in [0.2, 0.25) is 5.91 Å². The third-order valence-electron chi connectivity index (χ3n) is 4.33. The van der Waals surface area contributed by atoms with Crippen molar-refractivity contribution in [1.82, 2.24) is 9.88 Å². The van der Waals surface area contributed by atoms with Crippen LogP contribution in [0.25, 0.3) is 0 Å². The number of anilines is 1. The number of carbonyl (C=O) groups is 2. The van der Waals surface area contributed by atoms with Gasteiger partial charge >= 0.3 is 6.09 Å². The molecule has 0 aliphatic carbocycles. The Hall–Kier alpha value is -2.61. The molecule has 0 saturated carbocycles. The predicted octanol–water partition coefficient (Wildman–Crippen LogP) is 3.16. The number of nitrogens with zero attached hydrogens (tertiary/aromatic N) is 2. The van der Waals surface area contributed by atoms with Crippen molar-refractivity contribution in [1.29, 1.82) is 0 Å². The highest BCUT2D eigenvalue weighted by atomic mass is 32.1. The molecule has 27 heavy (non-hydrogen) atoms. The van der Waals surface area contributed by atoms with Gasteiger partial charge in [-0.3, -0.25) is 4.79 Å². The van der Waals surface area contributed by atoms with Crippen molar-refractivity contribution in [3.8, 4) is 5.75 Å². The molecule has 2 aromatic rings. The molecular formula is C19H23N3O4S. The number of amides is 2. The average Bonchev–Trinajstić information content (AvgIpc) is 3.03. The van der Waals surface area contributed by atoms with Crippen molar-refractivity contribution < 1.29 is 19.1 Å². The first kappa shape index (κ1) is 19.2. The summed E-state index contributed by atoms with van der Waals surface area (Å²) in [6, 6.07) is 5.70. The van der Waals surface area contributed by atoms with Crippen molar-refractivity contribution in [2.24, 2.45) is 0 Å². The molecule has 0 atom stereocenters. The van der Waals surface area contributed by atoms with Crippen molar-refractivity contribution in [3.05, 3.63) is 39.9 Å². The molecule has 1 N–H and O–H groups in total. The number of aryl methyl sites for hydroxylation is 1. The summed E-state index contributed by atoms with van der Waals surface area (Å²) in [5.74, 6) is 0.686. The highest BCUT2D eigenvalue weighted by molar-refractivity contribution is 7.15. The minimum atomic E-state index is -0.308. The molecule has 0 bridgehead atoms. The first-order valence-corrected chi connectivity index (χ1v) is 9.65. The van der Waals surface area contributed by atoms with Crippen LogP contribution in [-0.2, 0) is 28.9 Å². The maximum absolute atomic E-state index is 12.4. The van der Waals surface area contributed by atoms with E-state index in [0.717, 1.165) is 27.4 Å². The molecule has 0 fully saturated rings. The molecule has 0 saturated heterocycles. The van der Waals surface area contributed by atoms with Gasteiger partial charge in [0.25, 0.3) is 0 Å². The number of thiazole rings is 1. The molecule has 8 heteroatoms. The standard InChI is InChI=1S/C19H23N3O4S/c1-4-26-19(24)22-8-7-14-16(11-22)27-18(20-14)21-17(23)10-13-5-6-15(25-3)12(2)9-13/h5-6,9H,4,7-8,10-11H2,1-3H3,(H,20,21,23). The smallest absolute Gasteiger partial charge is 0.410 e. The van der Waals surface area contributed by atoms with Crippen LogP contribution in [0.3, 0.4) is 0 Å². The number of aromatic nitrogens is 1. The van der Waals surface area contributed by atoms with Crippen LogP contribution < -0.4 is 10.1 Å². The van der Waals surface area contributed by atoms with Crippen LogP contribution in [0.1, 0.15) is 28.6 Å². The van der Waals surface area contributed by atoms with E-state index in [9.17, 15) is 9.59 Å². The maximum Gasteiger partial charge on any atom is 0.410 e. The van der Waals surface area contributed by atoms with Crippen LogP contribution in [0.4, 0.5) is 9.93 Å². The van der Waals surface area contributed by atoms with Gasteiger partial charge in [0.05, 0.1) is 32.4 Å². The zero-order valence-corrected chi connectivity index (χ0v) is 16.5. The van der Waals surface area contributed by atoms with E-state index in [2.05, 4.69) is 10.3 Å². The molecule has 2 heterocycles. The number of methoxy groups -OCH3 is 1. The van der Waals surface area contributed by atoms with E-state index in [1.165, 1.54) is 11.3 Å². The Morgan fingerprint density at radius 2 is 2.19 bits per heavy atom. The minimum absolute atomic E-state index is 0.118. The highest BCUT2D eigenvalue weighted by Gasteiger charge is 2.25. The van der Waals surface area contributed by atoms with E-state index in [-0.39, 0.29) is 18.4 Å². The highest BCUT2D eigenvalue weighted by Crippen LogP contribution is 2.29. The lowest BCUT2D eigenvalue weighted by molar-refractivity contribution is -0.115. The molecule has 1 aliphatic heterocycles. The lowest BCUT2D eigenvalue weighted by Crippen LogP contribution is -2.35. The van der Waals surface area contributed by atoms with Crippen LogP contribution in [-0.4, -0.2) is 42.1 Å². The quantitative estimate of drug-likeness (QED) is 0.850. The molecule has 1 aromatic heterocycles. The van der Waals surface area contributed by atoms with Gasteiger partial charge in [0, 0.05) is 17.8 Å². The minimum Gasteiger partial charge on any atom is -0.496 e. The third-order valence-corrected chi connectivity index (χ3v) is 5.33. The van der Waals surface area contributed by atoms with Crippen molar-refractivity contribution >= 4 is 28.5 Å². The Kier molecular flexibility index (Phi) is 5.95. The van der Waals surface area contributed by atoms with Gasteiger partial charge in [-0.2, -0.15) is 0 Å². The van der Waals surface area contributed by atoms with Crippen LogP contribution >= 0.6 is 11.3 Å². The largest absolute Gasteiger partial charge is 0.496 e. The van der Waals surface area contributed by atoms with Crippen LogP contribution in [0.5, 0.6) is 5.75 Å². The summed E-state index contributed by atoms with van der Waals surface area (Å²) in [4.78, 5) is 31.4. The SMILES string of the molecule is CCOC(=O)N1CCc2nc(NC(=O)Cc3ccc(OC)c(C)c3)sc2C1. The number of rotatable bonds is 5. The van der Waals surface area contributed by atoms with Gasteiger partial charge in [-0.1, -0.05) is 23.5 Å². The molecule has 0 radical (unpaired) electrons. The fourth-order valence-corrected chi connectivity index (χ4v) is 4.06. The summed E-state index contributed by atoms with van der Waals surface area (Å²) in [7, 11) is 1.63.